The molecule has 0 unspecified atom stereocenters. The smallest absolute Gasteiger partial charge is 0.264 e. The van der Waals surface area contributed by atoms with E-state index in [0.29, 0.717) is 10.0 Å². The van der Waals surface area contributed by atoms with Gasteiger partial charge in [0.05, 0.1) is 10.6 Å². The lowest BCUT2D eigenvalue weighted by Gasteiger charge is -2.35. The number of nitrogens with zero attached hydrogens (tertiary/aromatic N) is 2. The van der Waals surface area contributed by atoms with E-state index in [0.717, 1.165) is 15.4 Å². The van der Waals surface area contributed by atoms with E-state index in [9.17, 15) is 22.4 Å². The molecule has 1 N–H and O–H groups in total. The quantitative estimate of drug-likeness (QED) is 0.191. The van der Waals surface area contributed by atoms with Gasteiger partial charge in [-0.15, -0.1) is 0 Å². The molecule has 10 heteroatoms. The second-order valence-electron chi connectivity index (χ2n) is 11.9. The van der Waals surface area contributed by atoms with Gasteiger partial charge in [0.2, 0.25) is 11.8 Å². The molecule has 45 heavy (non-hydrogen) atoms. The fourth-order valence-electron chi connectivity index (χ4n) is 4.79. The molecule has 2 amide bonds. The number of anilines is 1. The molecule has 0 aliphatic carbocycles. The van der Waals surface area contributed by atoms with Gasteiger partial charge in [0.1, 0.15) is 18.4 Å². The van der Waals surface area contributed by atoms with Gasteiger partial charge in [-0.3, -0.25) is 13.9 Å². The summed E-state index contributed by atoms with van der Waals surface area (Å²) in [6.45, 7) is 6.77. The fourth-order valence-corrected chi connectivity index (χ4v) is 6.58. The van der Waals surface area contributed by atoms with Crippen molar-refractivity contribution in [3.8, 4) is 0 Å². The van der Waals surface area contributed by atoms with E-state index in [1.54, 1.807) is 48.5 Å². The third-order valence-corrected chi connectivity index (χ3v) is 9.30. The van der Waals surface area contributed by atoms with Crippen molar-refractivity contribution in [2.24, 2.45) is 0 Å². The Morgan fingerprint density at radius 2 is 1.51 bits per heavy atom. The van der Waals surface area contributed by atoms with Gasteiger partial charge in [-0.25, -0.2) is 12.8 Å². The summed E-state index contributed by atoms with van der Waals surface area (Å²) < 4.78 is 43.7. The van der Waals surface area contributed by atoms with Crippen molar-refractivity contribution in [2.75, 3.05) is 10.8 Å². The summed E-state index contributed by atoms with van der Waals surface area (Å²) in [7, 11) is -4.21. The molecule has 0 spiro atoms. The Bertz CT molecular complexity index is 1730. The summed E-state index contributed by atoms with van der Waals surface area (Å²) >= 11 is 3.42. The lowest BCUT2D eigenvalue weighted by Crippen LogP contribution is -2.56. The normalized spacial score (nSPS) is 12.3. The summed E-state index contributed by atoms with van der Waals surface area (Å²) in [5.74, 6) is -1.43. The third-order valence-electron chi connectivity index (χ3n) is 7.02. The molecule has 236 valence electrons. The maximum Gasteiger partial charge on any atom is 0.264 e. The molecular weight excluding hydrogens is 657 g/mol. The first kappa shape index (κ1) is 33.9. The SMILES string of the molecule is Cc1ccc(S(=O)(=O)N(CC(=O)N(Cc2ccc(F)cc2)[C@H](Cc2ccccc2)C(=O)NC(C)(C)C)c2cccc(Br)c2)cc1. The monoisotopic (exact) mass is 693 g/mol. The molecule has 0 heterocycles. The number of benzene rings is 4. The molecule has 0 fully saturated rings. The molecule has 0 aliphatic rings. The van der Waals surface area contributed by atoms with Crippen LogP contribution < -0.4 is 9.62 Å². The molecule has 4 rings (SSSR count). The Labute approximate surface area is 273 Å². The van der Waals surface area contributed by atoms with E-state index < -0.39 is 45.8 Å². The average molecular weight is 695 g/mol. The third kappa shape index (κ3) is 9.25. The van der Waals surface area contributed by atoms with Crippen molar-refractivity contribution in [2.45, 2.75) is 57.1 Å². The first-order valence-electron chi connectivity index (χ1n) is 14.5. The van der Waals surface area contributed by atoms with Crippen LogP contribution in [0.25, 0.3) is 0 Å². The molecule has 1 atom stereocenters. The average Bonchev–Trinajstić information content (AvgIpc) is 2.98. The number of sulfonamides is 1. The van der Waals surface area contributed by atoms with Crippen LogP contribution in [0.3, 0.4) is 0 Å². The van der Waals surface area contributed by atoms with Gasteiger partial charge in [0.15, 0.2) is 0 Å². The number of hydrogen-bond acceptors (Lipinski definition) is 4. The van der Waals surface area contributed by atoms with E-state index in [1.165, 1.54) is 29.2 Å². The van der Waals surface area contributed by atoms with E-state index in [4.69, 9.17) is 0 Å². The van der Waals surface area contributed by atoms with E-state index in [-0.39, 0.29) is 23.5 Å². The summed E-state index contributed by atoms with van der Waals surface area (Å²) in [4.78, 5) is 29.8. The maximum atomic E-state index is 14.5. The van der Waals surface area contributed by atoms with E-state index >= 15 is 0 Å². The summed E-state index contributed by atoms with van der Waals surface area (Å²) in [5, 5.41) is 2.99. The van der Waals surface area contributed by atoms with Gasteiger partial charge in [-0.2, -0.15) is 0 Å². The number of carbonyl (C=O) groups is 2. The zero-order valence-corrected chi connectivity index (χ0v) is 28.1. The zero-order chi connectivity index (χ0) is 32.8. The molecule has 0 radical (unpaired) electrons. The largest absolute Gasteiger partial charge is 0.350 e. The predicted octanol–water partition coefficient (Wildman–Crippen LogP) is 6.65. The maximum absolute atomic E-state index is 14.5. The number of nitrogens with one attached hydrogen (secondary N) is 1. The number of hydrogen-bond donors (Lipinski definition) is 1. The van der Waals surface area contributed by atoms with Gasteiger partial charge in [0.25, 0.3) is 10.0 Å². The lowest BCUT2D eigenvalue weighted by molar-refractivity contribution is -0.140. The van der Waals surface area contributed by atoms with Crippen LogP contribution in [-0.4, -0.2) is 43.3 Å². The Balaban J connectivity index is 1.81. The molecule has 0 aliphatic heterocycles. The Hall–Kier alpha value is -4.02. The number of carbonyl (C=O) groups excluding carboxylic acids is 2. The van der Waals surface area contributed by atoms with Crippen molar-refractivity contribution in [3.63, 3.8) is 0 Å². The van der Waals surface area contributed by atoms with Crippen LogP contribution >= 0.6 is 15.9 Å². The van der Waals surface area contributed by atoms with Crippen molar-refractivity contribution >= 4 is 43.5 Å². The number of amides is 2. The van der Waals surface area contributed by atoms with Crippen LogP contribution in [0, 0.1) is 12.7 Å². The van der Waals surface area contributed by atoms with Crippen LogP contribution in [0.1, 0.15) is 37.5 Å². The summed E-state index contributed by atoms with van der Waals surface area (Å²) in [6.07, 6.45) is 0.178. The van der Waals surface area contributed by atoms with Crippen molar-refractivity contribution in [1.29, 1.82) is 0 Å². The summed E-state index contributed by atoms with van der Waals surface area (Å²) in [6, 6.07) is 27.0. The molecule has 0 saturated heterocycles. The van der Waals surface area contributed by atoms with Crippen LogP contribution in [-0.2, 0) is 32.6 Å². The topological polar surface area (TPSA) is 86.8 Å². The van der Waals surface area contributed by atoms with Crippen LogP contribution in [0.5, 0.6) is 0 Å². The fraction of sp³-hybridized carbons (Fsp3) is 0.257. The number of aryl methyl sites for hydroxylation is 1. The van der Waals surface area contributed by atoms with E-state index in [1.807, 2.05) is 58.0 Å². The Morgan fingerprint density at radius 1 is 0.867 bits per heavy atom. The Morgan fingerprint density at radius 3 is 2.11 bits per heavy atom. The van der Waals surface area contributed by atoms with Gasteiger partial charge >= 0.3 is 0 Å². The Kier molecular flexibility index (Phi) is 10.8. The van der Waals surface area contributed by atoms with Crippen molar-refractivity contribution in [3.05, 3.63) is 130 Å². The highest BCUT2D eigenvalue weighted by Gasteiger charge is 2.35. The van der Waals surface area contributed by atoms with Gasteiger partial charge in [0, 0.05) is 23.0 Å². The van der Waals surface area contributed by atoms with Crippen molar-refractivity contribution in [1.82, 2.24) is 10.2 Å². The minimum atomic E-state index is -4.21. The molecule has 4 aromatic rings. The van der Waals surface area contributed by atoms with Gasteiger partial charge < -0.3 is 10.2 Å². The van der Waals surface area contributed by atoms with Crippen LogP contribution in [0.4, 0.5) is 10.1 Å². The van der Waals surface area contributed by atoms with Crippen LogP contribution in [0.2, 0.25) is 0 Å². The molecule has 0 saturated carbocycles. The second-order valence-corrected chi connectivity index (χ2v) is 14.7. The highest BCUT2D eigenvalue weighted by molar-refractivity contribution is 9.10. The lowest BCUT2D eigenvalue weighted by atomic mass is 10.0. The molecular formula is C35H37BrFN3O4S. The van der Waals surface area contributed by atoms with Gasteiger partial charge in [-0.1, -0.05) is 82.2 Å². The predicted molar refractivity (Wildman–Crippen MR) is 179 cm³/mol. The van der Waals surface area contributed by atoms with E-state index in [2.05, 4.69) is 21.2 Å². The zero-order valence-electron chi connectivity index (χ0n) is 25.7. The summed E-state index contributed by atoms with van der Waals surface area (Å²) in [5.41, 5.74) is 1.96. The minimum Gasteiger partial charge on any atom is -0.350 e. The first-order valence-corrected chi connectivity index (χ1v) is 16.7. The molecule has 7 nitrogen and oxygen atoms in total. The molecule has 4 aromatic carbocycles. The molecule has 0 aromatic heterocycles. The van der Waals surface area contributed by atoms with Crippen molar-refractivity contribution < 1.29 is 22.4 Å². The standard InChI is InChI=1S/C35H37BrFN3O4S/c1-25-13-19-31(20-14-25)45(43,44)40(30-12-8-11-28(36)22-30)24-33(41)39(23-27-15-17-29(37)18-16-27)32(34(42)38-35(2,3)4)21-26-9-6-5-7-10-26/h5-20,22,32H,21,23-24H2,1-4H3,(H,38,42)/t32-/m1/s1. The van der Waals surface area contributed by atoms with Crippen LogP contribution in [0.15, 0.2) is 112 Å². The first-order chi connectivity index (χ1) is 21.2. The highest BCUT2D eigenvalue weighted by Crippen LogP contribution is 2.27. The number of halogens is 2. The second kappa shape index (κ2) is 14.4. The van der Waals surface area contributed by atoms with Gasteiger partial charge in [-0.05, 0) is 81.3 Å². The minimum absolute atomic E-state index is 0.0253. The highest BCUT2D eigenvalue weighted by atomic mass is 79.9. The number of rotatable bonds is 11. The molecule has 0 bridgehead atoms.